The minimum Gasteiger partial charge on any atom is -0.302 e. The Morgan fingerprint density at radius 1 is 1.17 bits per heavy atom. The molecule has 1 aromatic carbocycles. The Kier molecular flexibility index (Phi) is 3.54. The maximum atomic E-state index is 10.7. The van der Waals surface area contributed by atoms with Crippen LogP contribution in [0, 0.1) is 0 Å². The van der Waals surface area contributed by atoms with Crippen molar-refractivity contribution in [3.05, 3.63) is 12.1 Å². The van der Waals surface area contributed by atoms with E-state index in [1.807, 2.05) is 0 Å². The molecule has 0 radical (unpaired) electrons. The van der Waals surface area contributed by atoms with Crippen LogP contribution < -0.4 is 0 Å². The molecule has 1 atom stereocenters. The molecule has 2 nitrogen and oxygen atoms in total. The number of rotatable bonds is 1. The van der Waals surface area contributed by atoms with Crippen molar-refractivity contribution in [2.45, 2.75) is 19.6 Å². The minimum atomic E-state index is -2.02. The normalized spacial score (nSPS) is 13.0. The van der Waals surface area contributed by atoms with Crippen molar-refractivity contribution in [1.29, 1.82) is 0 Å². The van der Waals surface area contributed by atoms with Crippen molar-refractivity contribution >= 4 is 49.0 Å². The summed E-state index contributed by atoms with van der Waals surface area (Å²) in [7, 11) is 0. The van der Waals surface area contributed by atoms with Crippen LogP contribution in [0.15, 0.2) is 31.7 Å². The van der Waals surface area contributed by atoms with E-state index in [-0.39, 0.29) is 4.90 Å². The van der Waals surface area contributed by atoms with Gasteiger partial charge < -0.3 is 4.55 Å². The summed E-state index contributed by atoms with van der Waals surface area (Å²) >= 11 is 10.2. The van der Waals surface area contributed by atoms with E-state index in [4.69, 9.17) is 4.55 Å². The number of benzene rings is 1. The molecule has 0 aromatic heterocycles. The van der Waals surface area contributed by atoms with Crippen LogP contribution >= 0.6 is 37.9 Å². The third kappa shape index (κ3) is 2.00. The van der Waals surface area contributed by atoms with Crippen molar-refractivity contribution in [2.24, 2.45) is 0 Å². The second-order valence-electron chi connectivity index (χ2n) is 2.03. The molecule has 1 rings (SSSR count). The zero-order chi connectivity index (χ0) is 9.30. The summed E-state index contributed by atoms with van der Waals surface area (Å²) in [4.78, 5) is 1.80. The molecule has 0 saturated carbocycles. The van der Waals surface area contributed by atoms with Gasteiger partial charge in [0.2, 0.25) is 0 Å². The fraction of sp³-hybridized carbons (Fsp3) is 0. The van der Waals surface area contributed by atoms with Crippen LogP contribution in [-0.2, 0) is 11.1 Å². The van der Waals surface area contributed by atoms with Crippen LogP contribution in [0.3, 0.4) is 0 Å². The van der Waals surface area contributed by atoms with Gasteiger partial charge in [0.1, 0.15) is 0 Å². The van der Waals surface area contributed by atoms with E-state index in [9.17, 15) is 4.21 Å². The van der Waals surface area contributed by atoms with Crippen molar-refractivity contribution in [3.8, 4) is 0 Å². The highest BCUT2D eigenvalue weighted by Crippen LogP contribution is 2.29. The molecule has 6 heteroatoms. The smallest absolute Gasteiger partial charge is 0.187 e. The van der Waals surface area contributed by atoms with Gasteiger partial charge in [0, 0.05) is 14.7 Å². The van der Waals surface area contributed by atoms with Crippen LogP contribution in [-0.4, -0.2) is 8.76 Å². The number of thiol groups is 3. The lowest BCUT2D eigenvalue weighted by Crippen LogP contribution is -1.91. The average Bonchev–Trinajstić information content (AvgIpc) is 2.00. The van der Waals surface area contributed by atoms with E-state index in [2.05, 4.69) is 37.9 Å². The molecular formula is C6H6O2S4. The molecule has 0 aliphatic rings. The first-order valence-corrected chi connectivity index (χ1v) is 5.33. The first-order chi connectivity index (χ1) is 5.54. The Labute approximate surface area is 89.3 Å². The molecule has 0 saturated heterocycles. The van der Waals surface area contributed by atoms with Gasteiger partial charge in [0.25, 0.3) is 0 Å². The highest BCUT2D eigenvalue weighted by Gasteiger charge is 2.09. The van der Waals surface area contributed by atoms with Crippen molar-refractivity contribution in [3.63, 3.8) is 0 Å². The van der Waals surface area contributed by atoms with Gasteiger partial charge in [-0.25, -0.2) is 4.21 Å². The lowest BCUT2D eigenvalue weighted by atomic mass is 10.3. The monoisotopic (exact) mass is 238 g/mol. The summed E-state index contributed by atoms with van der Waals surface area (Å²) in [6.07, 6.45) is 0. The third-order valence-electron chi connectivity index (χ3n) is 1.28. The van der Waals surface area contributed by atoms with Crippen molar-refractivity contribution < 1.29 is 8.76 Å². The SMILES string of the molecule is O=S(O)c1ccc(S)c(S)c1S. The molecule has 1 unspecified atom stereocenters. The largest absolute Gasteiger partial charge is 0.302 e. The lowest BCUT2D eigenvalue weighted by molar-refractivity contribution is 0.561. The summed E-state index contributed by atoms with van der Waals surface area (Å²) in [6, 6.07) is 3.11. The third-order valence-corrected chi connectivity index (χ3v) is 3.80. The number of hydrogen-bond donors (Lipinski definition) is 4. The fourth-order valence-electron chi connectivity index (χ4n) is 0.691. The van der Waals surface area contributed by atoms with Crippen LogP contribution in [0.1, 0.15) is 0 Å². The van der Waals surface area contributed by atoms with Gasteiger partial charge in [-0.1, -0.05) is 0 Å². The fourth-order valence-corrected chi connectivity index (χ4v) is 2.12. The molecule has 0 aliphatic carbocycles. The summed E-state index contributed by atoms with van der Waals surface area (Å²) < 4.78 is 19.5. The summed E-state index contributed by atoms with van der Waals surface area (Å²) in [5.41, 5.74) is 0. The molecule has 0 spiro atoms. The van der Waals surface area contributed by atoms with Gasteiger partial charge in [-0.15, -0.1) is 37.9 Å². The first kappa shape index (κ1) is 10.5. The maximum absolute atomic E-state index is 10.7. The standard InChI is InChI=1S/C6H6O2S4/c7-12(8)4-2-1-3(9)5(10)6(4)11/h1-2,9-11H,(H,7,8). The molecule has 0 aliphatic heterocycles. The Morgan fingerprint density at radius 2 is 1.75 bits per heavy atom. The van der Waals surface area contributed by atoms with Crippen LogP contribution in [0.25, 0.3) is 0 Å². The van der Waals surface area contributed by atoms with E-state index in [1.54, 1.807) is 6.07 Å². The van der Waals surface area contributed by atoms with E-state index < -0.39 is 11.1 Å². The molecule has 1 N–H and O–H groups in total. The zero-order valence-electron chi connectivity index (χ0n) is 5.76. The van der Waals surface area contributed by atoms with Gasteiger partial charge in [0.05, 0.1) is 4.90 Å². The Balaban J connectivity index is 3.36. The van der Waals surface area contributed by atoms with Crippen molar-refractivity contribution in [1.82, 2.24) is 0 Å². The predicted molar refractivity (Wildman–Crippen MR) is 57.2 cm³/mol. The Bertz CT molecular complexity index is 337. The van der Waals surface area contributed by atoms with Gasteiger partial charge >= 0.3 is 0 Å². The second-order valence-corrected chi connectivity index (χ2v) is 4.34. The lowest BCUT2D eigenvalue weighted by Gasteiger charge is -2.04. The van der Waals surface area contributed by atoms with Crippen LogP contribution in [0.4, 0.5) is 0 Å². The maximum Gasteiger partial charge on any atom is 0.187 e. The predicted octanol–water partition coefficient (Wildman–Crippen LogP) is 2.13. The summed E-state index contributed by atoms with van der Waals surface area (Å²) in [5.74, 6) is 0. The molecule has 0 fully saturated rings. The Morgan fingerprint density at radius 3 is 2.25 bits per heavy atom. The molecule has 12 heavy (non-hydrogen) atoms. The van der Waals surface area contributed by atoms with Gasteiger partial charge in [-0.2, -0.15) is 0 Å². The first-order valence-electron chi connectivity index (χ1n) is 2.88. The molecule has 0 amide bonds. The van der Waals surface area contributed by atoms with Gasteiger partial charge in [0.15, 0.2) is 11.1 Å². The zero-order valence-corrected chi connectivity index (χ0v) is 9.26. The van der Waals surface area contributed by atoms with Crippen LogP contribution in [0.5, 0.6) is 0 Å². The molecule has 0 heterocycles. The quantitative estimate of drug-likeness (QED) is 0.447. The second kappa shape index (κ2) is 4.06. The summed E-state index contributed by atoms with van der Waals surface area (Å²) in [5, 5.41) is 0. The highest BCUT2D eigenvalue weighted by atomic mass is 32.2. The number of hydrogen-bond acceptors (Lipinski definition) is 4. The average molecular weight is 238 g/mol. The van der Waals surface area contributed by atoms with E-state index in [0.29, 0.717) is 14.7 Å². The van der Waals surface area contributed by atoms with Crippen molar-refractivity contribution in [2.75, 3.05) is 0 Å². The van der Waals surface area contributed by atoms with E-state index in [0.717, 1.165) is 0 Å². The molecule has 1 aromatic rings. The van der Waals surface area contributed by atoms with E-state index in [1.165, 1.54) is 6.07 Å². The highest BCUT2D eigenvalue weighted by molar-refractivity contribution is 7.86. The van der Waals surface area contributed by atoms with Gasteiger partial charge in [-0.05, 0) is 12.1 Å². The molecular weight excluding hydrogens is 232 g/mol. The summed E-state index contributed by atoms with van der Waals surface area (Å²) in [6.45, 7) is 0. The van der Waals surface area contributed by atoms with Crippen LogP contribution in [0.2, 0.25) is 0 Å². The minimum absolute atomic E-state index is 0.251. The molecule has 66 valence electrons. The topological polar surface area (TPSA) is 37.3 Å². The van der Waals surface area contributed by atoms with Gasteiger partial charge in [-0.3, -0.25) is 0 Å². The Hall–Kier alpha value is 0.380. The molecule has 0 bridgehead atoms. The van der Waals surface area contributed by atoms with E-state index >= 15 is 0 Å².